The van der Waals surface area contributed by atoms with Gasteiger partial charge in [0.05, 0.1) is 0 Å². The fourth-order valence-electron chi connectivity index (χ4n) is 7.34. The van der Waals surface area contributed by atoms with Crippen LogP contribution in [0, 0.1) is 53.3 Å². The Morgan fingerprint density at radius 2 is 0.735 bits per heavy atom. The number of rotatable bonds is 9. The third-order valence-corrected chi connectivity index (χ3v) is 11.5. The molecule has 3 aliphatic rings. The quantitative estimate of drug-likeness (QED) is 0.302. The lowest BCUT2D eigenvalue weighted by Crippen LogP contribution is -2.48. The van der Waals surface area contributed by atoms with Crippen molar-refractivity contribution in [3.05, 3.63) is 0 Å². The van der Waals surface area contributed by atoms with E-state index in [2.05, 4.69) is 62.3 Å². The molecule has 0 heterocycles. The van der Waals surface area contributed by atoms with Crippen molar-refractivity contribution in [2.75, 3.05) is 0 Å². The summed E-state index contributed by atoms with van der Waals surface area (Å²) < 4.78 is 21.2. The zero-order valence-electron chi connectivity index (χ0n) is 24.1. The van der Waals surface area contributed by atoms with Crippen LogP contribution in [-0.2, 0) is 11.4 Å². The predicted octanol–water partition coefficient (Wildman–Crippen LogP) is 8.40. The molecule has 3 nitrogen and oxygen atoms in total. The summed E-state index contributed by atoms with van der Waals surface area (Å²) in [6.45, 7) is 21.5. The summed E-state index contributed by atoms with van der Waals surface area (Å²) >= 11 is -2.27. The van der Waals surface area contributed by atoms with Crippen LogP contribution in [0.1, 0.15) is 120 Å². The second-order valence-corrected chi connectivity index (χ2v) is 15.2. The molecule has 9 unspecified atom stereocenters. The minimum absolute atomic E-state index is 0.303. The molecule has 3 saturated carbocycles. The first kappa shape index (κ1) is 29.0. The van der Waals surface area contributed by atoms with Gasteiger partial charge in [0.25, 0.3) is 0 Å². The van der Waals surface area contributed by atoms with Crippen molar-refractivity contribution in [2.24, 2.45) is 53.3 Å². The maximum Gasteiger partial charge on any atom is 0.906 e. The van der Waals surface area contributed by atoms with Crippen molar-refractivity contribution in [2.45, 2.75) is 138 Å². The third-order valence-electron chi connectivity index (χ3n) is 9.74. The Balaban J connectivity index is 1.81. The molecule has 0 saturated heterocycles. The van der Waals surface area contributed by atoms with Gasteiger partial charge in [-0.05, 0) is 91.8 Å². The molecular formula is C30H57AlO3. The van der Waals surface area contributed by atoms with Gasteiger partial charge in [-0.15, -0.1) is 0 Å². The van der Waals surface area contributed by atoms with Gasteiger partial charge in [0.2, 0.25) is 0 Å². The number of hydrogen-bond acceptors (Lipinski definition) is 3. The molecule has 0 spiro atoms. The predicted molar refractivity (Wildman–Crippen MR) is 144 cm³/mol. The van der Waals surface area contributed by atoms with E-state index in [1.807, 2.05) is 0 Å². The van der Waals surface area contributed by atoms with Gasteiger partial charge < -0.3 is 11.4 Å². The van der Waals surface area contributed by atoms with Crippen LogP contribution in [0.3, 0.4) is 0 Å². The van der Waals surface area contributed by atoms with Crippen LogP contribution in [0.5, 0.6) is 0 Å². The van der Waals surface area contributed by atoms with Crippen LogP contribution in [0.25, 0.3) is 0 Å². The lowest BCUT2D eigenvalue weighted by atomic mass is 9.75. The van der Waals surface area contributed by atoms with Crippen molar-refractivity contribution in [3.8, 4) is 0 Å². The van der Waals surface area contributed by atoms with E-state index in [1.165, 1.54) is 57.8 Å². The first-order chi connectivity index (χ1) is 16.0. The molecule has 0 amide bonds. The fourth-order valence-corrected chi connectivity index (χ4v) is 9.33. The molecule has 0 N–H and O–H groups in total. The molecule has 198 valence electrons. The summed E-state index contributed by atoms with van der Waals surface area (Å²) in [5.41, 5.74) is 0. The summed E-state index contributed by atoms with van der Waals surface area (Å²) in [4.78, 5) is 0. The molecule has 4 heteroatoms. The van der Waals surface area contributed by atoms with Crippen LogP contribution in [-0.4, -0.2) is 33.5 Å². The lowest BCUT2D eigenvalue weighted by molar-refractivity contribution is -0.0763. The van der Waals surface area contributed by atoms with Gasteiger partial charge in [-0.2, -0.15) is 0 Å². The zero-order chi connectivity index (χ0) is 25.0. The fraction of sp³-hybridized carbons (Fsp3) is 1.00. The van der Waals surface area contributed by atoms with Crippen molar-refractivity contribution in [1.82, 2.24) is 0 Å². The molecule has 0 aromatic heterocycles. The molecular weight excluding hydrogens is 435 g/mol. The maximum atomic E-state index is 7.06. The molecule has 0 bridgehead atoms. The Hall–Kier alpha value is 0.412. The summed E-state index contributed by atoms with van der Waals surface area (Å²) in [6.07, 6.45) is 12.3. The summed E-state index contributed by atoms with van der Waals surface area (Å²) in [6, 6.07) is 0. The Labute approximate surface area is 217 Å². The van der Waals surface area contributed by atoms with E-state index < -0.39 is 15.1 Å². The lowest BCUT2D eigenvalue weighted by Gasteiger charge is -2.43. The molecule has 3 fully saturated rings. The SMILES string of the molecule is CC1CCC(C(C)C)C([O][Al]([O]C2CC(C)CCC2C(C)C)[O]C2CC(C)CCC2C(C)C)C1. The van der Waals surface area contributed by atoms with E-state index in [0.717, 1.165) is 17.8 Å². The Bertz CT molecular complexity index is 513. The van der Waals surface area contributed by atoms with Crippen LogP contribution in [0.2, 0.25) is 0 Å². The molecule has 0 radical (unpaired) electrons. The van der Waals surface area contributed by atoms with Crippen LogP contribution >= 0.6 is 0 Å². The van der Waals surface area contributed by atoms with E-state index in [0.29, 0.717) is 53.8 Å². The minimum Gasteiger partial charge on any atom is -0.451 e. The first-order valence-corrected chi connectivity index (χ1v) is 16.4. The van der Waals surface area contributed by atoms with Gasteiger partial charge in [0, 0.05) is 18.3 Å². The third kappa shape index (κ3) is 7.95. The van der Waals surface area contributed by atoms with Gasteiger partial charge in [-0.3, -0.25) is 0 Å². The number of hydrogen-bond donors (Lipinski definition) is 0. The van der Waals surface area contributed by atoms with Gasteiger partial charge in [0.15, 0.2) is 0 Å². The van der Waals surface area contributed by atoms with Gasteiger partial charge in [0.1, 0.15) is 0 Å². The average Bonchev–Trinajstić information content (AvgIpc) is 2.73. The topological polar surface area (TPSA) is 27.7 Å². The van der Waals surface area contributed by atoms with Gasteiger partial charge in [-0.1, -0.05) is 81.6 Å². The van der Waals surface area contributed by atoms with Crippen LogP contribution < -0.4 is 0 Å². The van der Waals surface area contributed by atoms with Crippen molar-refractivity contribution in [3.63, 3.8) is 0 Å². The smallest absolute Gasteiger partial charge is 0.451 e. The summed E-state index contributed by atoms with van der Waals surface area (Å²) in [5, 5.41) is 0. The molecule has 0 aromatic rings. The van der Waals surface area contributed by atoms with Crippen molar-refractivity contribution < 1.29 is 11.4 Å². The van der Waals surface area contributed by atoms with E-state index in [1.54, 1.807) is 0 Å². The van der Waals surface area contributed by atoms with Crippen molar-refractivity contribution in [1.29, 1.82) is 0 Å². The Morgan fingerprint density at radius 1 is 0.471 bits per heavy atom. The minimum atomic E-state index is -2.27. The molecule has 3 rings (SSSR count). The zero-order valence-corrected chi connectivity index (χ0v) is 25.2. The molecule has 0 aliphatic heterocycles. The Morgan fingerprint density at radius 3 is 0.971 bits per heavy atom. The standard InChI is InChI=1S/3C10H19O.Al/c3*1-7(2)9-5-4-8(3)6-10(9)11;/h3*7-10H,4-6H2,1-3H3;/q3*-1;+3. The highest BCUT2D eigenvalue weighted by molar-refractivity contribution is 6.36. The second kappa shape index (κ2) is 13.3. The molecule has 34 heavy (non-hydrogen) atoms. The van der Waals surface area contributed by atoms with Gasteiger partial charge in [-0.25, -0.2) is 0 Å². The summed E-state index contributed by atoms with van der Waals surface area (Å²) in [5.74, 6) is 6.10. The molecule has 9 atom stereocenters. The normalized spacial score (nSPS) is 39.7. The highest BCUT2D eigenvalue weighted by Crippen LogP contribution is 2.40. The highest BCUT2D eigenvalue weighted by Gasteiger charge is 2.47. The first-order valence-electron chi connectivity index (χ1n) is 15.0. The van der Waals surface area contributed by atoms with E-state index in [9.17, 15) is 0 Å². The molecule has 0 aromatic carbocycles. The van der Waals surface area contributed by atoms with Crippen LogP contribution in [0.4, 0.5) is 0 Å². The largest absolute Gasteiger partial charge is 0.906 e. The van der Waals surface area contributed by atoms with Gasteiger partial charge >= 0.3 is 15.1 Å². The monoisotopic (exact) mass is 492 g/mol. The highest BCUT2D eigenvalue weighted by atomic mass is 27.3. The van der Waals surface area contributed by atoms with Crippen LogP contribution in [0.15, 0.2) is 0 Å². The maximum absolute atomic E-state index is 7.06. The van der Waals surface area contributed by atoms with E-state index in [4.69, 9.17) is 11.4 Å². The van der Waals surface area contributed by atoms with E-state index >= 15 is 0 Å². The average molecular weight is 493 g/mol. The van der Waals surface area contributed by atoms with Crippen molar-refractivity contribution >= 4 is 15.1 Å². The Kier molecular flexibility index (Phi) is 11.3. The van der Waals surface area contributed by atoms with E-state index in [-0.39, 0.29) is 0 Å². The second-order valence-electron chi connectivity index (χ2n) is 13.8. The summed E-state index contributed by atoms with van der Waals surface area (Å²) in [7, 11) is 0. The molecule has 3 aliphatic carbocycles.